The minimum atomic E-state index is -0.278. The molecule has 1 heterocycles. The average molecular weight is 374 g/mol. The summed E-state index contributed by atoms with van der Waals surface area (Å²) in [6, 6.07) is 18.9. The van der Waals surface area contributed by atoms with Gasteiger partial charge in [0.25, 0.3) is 5.91 Å². The Morgan fingerprint density at radius 1 is 1.11 bits per heavy atom. The van der Waals surface area contributed by atoms with Crippen molar-refractivity contribution in [1.29, 1.82) is 0 Å². The van der Waals surface area contributed by atoms with Crippen molar-refractivity contribution in [1.82, 2.24) is 15.3 Å². The molecule has 0 radical (unpaired) electrons. The molecular weight excluding hydrogens is 352 g/mol. The van der Waals surface area contributed by atoms with Gasteiger partial charge in [-0.05, 0) is 6.07 Å². The molecule has 0 unspecified atom stereocenters. The van der Waals surface area contributed by atoms with Gasteiger partial charge in [0.2, 0.25) is 0 Å². The second kappa shape index (κ2) is 9.32. The van der Waals surface area contributed by atoms with E-state index in [0.717, 1.165) is 16.9 Å². The van der Waals surface area contributed by atoms with Crippen LogP contribution in [0.1, 0.15) is 16.1 Å². The number of methoxy groups -OCH3 is 1. The molecule has 2 aromatic carbocycles. The van der Waals surface area contributed by atoms with Crippen molar-refractivity contribution in [3.8, 4) is 17.1 Å². The normalized spacial score (nSPS) is 10.2. The summed E-state index contributed by atoms with van der Waals surface area (Å²) in [6.45, 7) is 4.49. The van der Waals surface area contributed by atoms with Crippen LogP contribution in [0.4, 0.5) is 5.82 Å². The first-order valence-corrected chi connectivity index (χ1v) is 8.90. The highest BCUT2D eigenvalue weighted by Gasteiger charge is 2.13. The van der Waals surface area contributed by atoms with E-state index in [-0.39, 0.29) is 5.91 Å². The standard InChI is InChI=1S/C22H22N4O2/c1-3-13-23-22(27)18-14-20(24-15-17-11-7-8-12-19(17)28-2)26-21(25-18)16-9-5-4-6-10-16/h3-12,14H,1,13,15H2,2H3,(H,23,27)(H,24,25,26). The number of ether oxygens (including phenoxy) is 1. The molecule has 6 nitrogen and oxygen atoms in total. The number of carbonyl (C=O) groups is 1. The minimum Gasteiger partial charge on any atom is -0.496 e. The Labute approximate surface area is 164 Å². The van der Waals surface area contributed by atoms with Crippen LogP contribution in [-0.4, -0.2) is 29.5 Å². The van der Waals surface area contributed by atoms with Gasteiger partial charge in [-0.3, -0.25) is 4.79 Å². The van der Waals surface area contributed by atoms with Crippen molar-refractivity contribution in [2.45, 2.75) is 6.54 Å². The zero-order valence-electron chi connectivity index (χ0n) is 15.7. The molecular formula is C22H22N4O2. The van der Waals surface area contributed by atoms with E-state index < -0.39 is 0 Å². The average Bonchev–Trinajstić information content (AvgIpc) is 2.76. The van der Waals surface area contributed by atoms with Crippen LogP contribution in [0.3, 0.4) is 0 Å². The SMILES string of the molecule is C=CCNC(=O)c1cc(NCc2ccccc2OC)nc(-c2ccccc2)n1. The third-order valence-corrected chi connectivity index (χ3v) is 4.05. The van der Waals surface area contributed by atoms with E-state index in [2.05, 4.69) is 27.2 Å². The third kappa shape index (κ3) is 4.73. The van der Waals surface area contributed by atoms with Crippen LogP contribution in [0.2, 0.25) is 0 Å². The molecule has 0 aliphatic rings. The quantitative estimate of drug-likeness (QED) is 0.588. The van der Waals surface area contributed by atoms with Crippen molar-refractivity contribution in [2.24, 2.45) is 0 Å². The molecule has 3 rings (SSSR count). The van der Waals surface area contributed by atoms with Gasteiger partial charge in [0.15, 0.2) is 5.82 Å². The number of rotatable bonds is 8. The summed E-state index contributed by atoms with van der Waals surface area (Å²) in [5.74, 6) is 1.55. The van der Waals surface area contributed by atoms with E-state index in [4.69, 9.17) is 4.74 Å². The summed E-state index contributed by atoms with van der Waals surface area (Å²) in [5, 5.41) is 6.02. The lowest BCUT2D eigenvalue weighted by Crippen LogP contribution is -2.24. The number of para-hydroxylation sites is 1. The number of anilines is 1. The molecule has 0 aliphatic heterocycles. The topological polar surface area (TPSA) is 76.1 Å². The molecule has 0 fully saturated rings. The lowest BCUT2D eigenvalue weighted by Gasteiger charge is -2.12. The van der Waals surface area contributed by atoms with Crippen molar-refractivity contribution in [2.75, 3.05) is 19.0 Å². The number of hydrogen-bond acceptors (Lipinski definition) is 5. The number of aromatic nitrogens is 2. The fraction of sp³-hybridized carbons (Fsp3) is 0.136. The molecule has 0 saturated heterocycles. The Hall–Kier alpha value is -3.67. The number of nitrogens with one attached hydrogen (secondary N) is 2. The number of hydrogen-bond donors (Lipinski definition) is 2. The van der Waals surface area contributed by atoms with Crippen LogP contribution in [0.25, 0.3) is 11.4 Å². The molecule has 0 bridgehead atoms. The van der Waals surface area contributed by atoms with E-state index in [1.54, 1.807) is 19.3 Å². The lowest BCUT2D eigenvalue weighted by molar-refractivity contribution is 0.0953. The Balaban J connectivity index is 1.90. The zero-order valence-corrected chi connectivity index (χ0v) is 15.7. The van der Waals surface area contributed by atoms with Gasteiger partial charge >= 0.3 is 0 Å². The first-order valence-electron chi connectivity index (χ1n) is 8.90. The Kier molecular flexibility index (Phi) is 6.36. The largest absolute Gasteiger partial charge is 0.496 e. The lowest BCUT2D eigenvalue weighted by atomic mass is 10.2. The molecule has 1 aromatic heterocycles. The fourth-order valence-corrected chi connectivity index (χ4v) is 2.66. The maximum atomic E-state index is 12.4. The van der Waals surface area contributed by atoms with E-state index in [1.807, 2.05) is 54.6 Å². The number of carbonyl (C=O) groups excluding carboxylic acids is 1. The third-order valence-electron chi connectivity index (χ3n) is 4.05. The van der Waals surface area contributed by atoms with Crippen molar-refractivity contribution in [3.63, 3.8) is 0 Å². The fourth-order valence-electron chi connectivity index (χ4n) is 2.66. The monoisotopic (exact) mass is 374 g/mol. The van der Waals surface area contributed by atoms with E-state index in [1.165, 1.54) is 0 Å². The Bertz CT molecular complexity index is 958. The predicted octanol–water partition coefficient (Wildman–Crippen LogP) is 3.68. The second-order valence-corrected chi connectivity index (χ2v) is 5.99. The van der Waals surface area contributed by atoms with Gasteiger partial charge in [0.05, 0.1) is 7.11 Å². The number of nitrogens with zero attached hydrogens (tertiary/aromatic N) is 2. The van der Waals surface area contributed by atoms with Crippen LogP contribution in [0.15, 0.2) is 73.3 Å². The first-order chi connectivity index (χ1) is 13.7. The van der Waals surface area contributed by atoms with E-state index >= 15 is 0 Å². The summed E-state index contributed by atoms with van der Waals surface area (Å²) in [7, 11) is 1.64. The highest BCUT2D eigenvalue weighted by Crippen LogP contribution is 2.21. The molecule has 0 spiro atoms. The predicted molar refractivity (Wildman–Crippen MR) is 110 cm³/mol. The van der Waals surface area contributed by atoms with Crippen LogP contribution < -0.4 is 15.4 Å². The Morgan fingerprint density at radius 2 is 1.86 bits per heavy atom. The number of benzene rings is 2. The summed E-state index contributed by atoms with van der Waals surface area (Å²) in [4.78, 5) is 21.4. The zero-order chi connectivity index (χ0) is 19.8. The maximum Gasteiger partial charge on any atom is 0.270 e. The van der Waals surface area contributed by atoms with Crippen LogP contribution >= 0.6 is 0 Å². The van der Waals surface area contributed by atoms with Crippen molar-refractivity contribution >= 4 is 11.7 Å². The van der Waals surface area contributed by atoms with Gasteiger partial charge in [-0.1, -0.05) is 54.6 Å². The van der Waals surface area contributed by atoms with Crippen molar-refractivity contribution < 1.29 is 9.53 Å². The van der Waals surface area contributed by atoms with Gasteiger partial charge in [-0.15, -0.1) is 6.58 Å². The molecule has 0 saturated carbocycles. The molecule has 142 valence electrons. The highest BCUT2D eigenvalue weighted by atomic mass is 16.5. The number of amides is 1. The first kappa shape index (κ1) is 19.1. The highest BCUT2D eigenvalue weighted by molar-refractivity contribution is 5.93. The van der Waals surface area contributed by atoms with Crippen LogP contribution in [-0.2, 0) is 6.54 Å². The van der Waals surface area contributed by atoms with Gasteiger partial charge < -0.3 is 15.4 Å². The van der Waals surface area contributed by atoms with E-state index in [9.17, 15) is 4.79 Å². The van der Waals surface area contributed by atoms with Crippen LogP contribution in [0, 0.1) is 0 Å². The second-order valence-electron chi connectivity index (χ2n) is 5.99. The van der Waals surface area contributed by atoms with Gasteiger partial charge in [0, 0.05) is 30.3 Å². The van der Waals surface area contributed by atoms with Gasteiger partial charge in [0.1, 0.15) is 17.3 Å². The molecule has 2 N–H and O–H groups in total. The van der Waals surface area contributed by atoms with Gasteiger partial charge in [-0.2, -0.15) is 0 Å². The van der Waals surface area contributed by atoms with Gasteiger partial charge in [-0.25, -0.2) is 9.97 Å². The molecule has 0 aliphatic carbocycles. The van der Waals surface area contributed by atoms with Crippen LogP contribution in [0.5, 0.6) is 5.75 Å². The minimum absolute atomic E-state index is 0.278. The molecule has 3 aromatic rings. The Morgan fingerprint density at radius 3 is 2.61 bits per heavy atom. The van der Waals surface area contributed by atoms with E-state index in [0.29, 0.717) is 30.4 Å². The molecule has 6 heteroatoms. The summed E-state index contributed by atoms with van der Waals surface area (Å²) in [5.41, 5.74) is 2.11. The molecule has 1 amide bonds. The smallest absolute Gasteiger partial charge is 0.270 e. The van der Waals surface area contributed by atoms with Crippen molar-refractivity contribution in [3.05, 3.63) is 84.6 Å². The summed E-state index contributed by atoms with van der Waals surface area (Å²) >= 11 is 0. The summed E-state index contributed by atoms with van der Waals surface area (Å²) < 4.78 is 5.39. The summed E-state index contributed by atoms with van der Waals surface area (Å²) in [6.07, 6.45) is 1.62. The molecule has 28 heavy (non-hydrogen) atoms. The molecule has 0 atom stereocenters. The maximum absolute atomic E-state index is 12.4.